The van der Waals surface area contributed by atoms with Crippen molar-refractivity contribution in [2.45, 2.75) is 6.42 Å². The fraction of sp³-hybridized carbons (Fsp3) is 0.300. The van der Waals surface area contributed by atoms with Crippen LogP contribution in [0.2, 0.25) is 0 Å². The minimum Gasteiger partial charge on any atom is -0.384 e. The molecule has 0 bridgehead atoms. The van der Waals surface area contributed by atoms with Crippen LogP contribution >= 0.6 is 31.9 Å². The summed E-state index contributed by atoms with van der Waals surface area (Å²) >= 11 is 6.82. The third kappa shape index (κ3) is 4.22. The molecule has 1 aromatic carbocycles. The SMILES string of the molecule is CNC(=O)CCNc1ccc(Br)cc1Br. The van der Waals surface area contributed by atoms with Crippen LogP contribution in [0, 0.1) is 0 Å². The Morgan fingerprint density at radius 2 is 2.13 bits per heavy atom. The summed E-state index contributed by atoms with van der Waals surface area (Å²) in [6.07, 6.45) is 0.471. The molecular weight excluding hydrogens is 324 g/mol. The number of carbonyl (C=O) groups excluding carboxylic acids is 1. The second kappa shape index (κ2) is 6.12. The molecule has 2 N–H and O–H groups in total. The number of hydrogen-bond acceptors (Lipinski definition) is 2. The normalized spacial score (nSPS) is 9.80. The third-order valence-electron chi connectivity index (χ3n) is 1.88. The van der Waals surface area contributed by atoms with E-state index in [0.29, 0.717) is 13.0 Å². The number of rotatable bonds is 4. The van der Waals surface area contributed by atoms with Crippen molar-refractivity contribution in [3.8, 4) is 0 Å². The van der Waals surface area contributed by atoms with E-state index in [0.717, 1.165) is 14.6 Å². The topological polar surface area (TPSA) is 41.1 Å². The molecule has 1 aromatic rings. The van der Waals surface area contributed by atoms with E-state index in [-0.39, 0.29) is 5.91 Å². The molecule has 1 rings (SSSR count). The van der Waals surface area contributed by atoms with E-state index in [9.17, 15) is 4.79 Å². The summed E-state index contributed by atoms with van der Waals surface area (Å²) < 4.78 is 2.00. The molecule has 0 saturated heterocycles. The van der Waals surface area contributed by atoms with Gasteiger partial charge in [-0.15, -0.1) is 0 Å². The van der Waals surface area contributed by atoms with E-state index >= 15 is 0 Å². The van der Waals surface area contributed by atoms with Crippen LogP contribution in [0.5, 0.6) is 0 Å². The molecule has 0 atom stereocenters. The van der Waals surface area contributed by atoms with E-state index in [4.69, 9.17) is 0 Å². The first-order chi connectivity index (χ1) is 7.13. The maximum Gasteiger partial charge on any atom is 0.221 e. The van der Waals surface area contributed by atoms with Crippen LogP contribution in [0.15, 0.2) is 27.1 Å². The van der Waals surface area contributed by atoms with Gasteiger partial charge in [-0.05, 0) is 34.1 Å². The Kier molecular flexibility index (Phi) is 5.11. The first-order valence-corrected chi connectivity index (χ1v) is 6.11. The molecule has 0 aliphatic heterocycles. The first kappa shape index (κ1) is 12.5. The highest BCUT2D eigenvalue weighted by molar-refractivity contribution is 9.11. The number of anilines is 1. The van der Waals surface area contributed by atoms with Gasteiger partial charge in [0.1, 0.15) is 0 Å². The van der Waals surface area contributed by atoms with Crippen LogP contribution < -0.4 is 10.6 Å². The smallest absolute Gasteiger partial charge is 0.221 e. The van der Waals surface area contributed by atoms with Crippen LogP contribution in [0.4, 0.5) is 5.69 Å². The lowest BCUT2D eigenvalue weighted by atomic mass is 10.3. The second-order valence-electron chi connectivity index (χ2n) is 2.97. The third-order valence-corrected chi connectivity index (χ3v) is 3.03. The highest BCUT2D eigenvalue weighted by Crippen LogP contribution is 2.25. The molecule has 0 aliphatic rings. The Hall–Kier alpha value is -0.550. The molecular formula is C10H12Br2N2O. The molecule has 0 saturated carbocycles. The lowest BCUT2D eigenvalue weighted by Crippen LogP contribution is -2.20. The largest absolute Gasteiger partial charge is 0.384 e. The maximum atomic E-state index is 11.0. The molecule has 0 heterocycles. The molecule has 5 heteroatoms. The van der Waals surface area contributed by atoms with Crippen molar-refractivity contribution in [2.24, 2.45) is 0 Å². The standard InChI is InChI=1S/C10H12Br2N2O/c1-13-10(15)4-5-14-9-3-2-7(11)6-8(9)12/h2-3,6,14H,4-5H2,1H3,(H,13,15). The number of nitrogens with one attached hydrogen (secondary N) is 2. The number of carbonyl (C=O) groups is 1. The number of amides is 1. The summed E-state index contributed by atoms with van der Waals surface area (Å²) in [5.74, 6) is 0.0377. The summed E-state index contributed by atoms with van der Waals surface area (Å²) in [4.78, 5) is 11.0. The van der Waals surface area contributed by atoms with Crippen LogP contribution in [0.3, 0.4) is 0 Å². The van der Waals surface area contributed by atoms with Crippen molar-refractivity contribution in [3.63, 3.8) is 0 Å². The van der Waals surface area contributed by atoms with E-state index in [1.807, 2.05) is 18.2 Å². The van der Waals surface area contributed by atoms with Gasteiger partial charge in [-0.25, -0.2) is 0 Å². The van der Waals surface area contributed by atoms with Crippen molar-refractivity contribution in [2.75, 3.05) is 18.9 Å². The highest BCUT2D eigenvalue weighted by Gasteiger charge is 2.01. The fourth-order valence-corrected chi connectivity index (χ4v) is 2.26. The molecule has 0 radical (unpaired) electrons. The second-order valence-corrected chi connectivity index (χ2v) is 4.74. The van der Waals surface area contributed by atoms with Crippen molar-refractivity contribution >= 4 is 43.5 Å². The zero-order valence-electron chi connectivity index (χ0n) is 8.31. The molecule has 0 unspecified atom stereocenters. The highest BCUT2D eigenvalue weighted by atomic mass is 79.9. The Morgan fingerprint density at radius 1 is 1.40 bits per heavy atom. The minimum atomic E-state index is 0.0377. The van der Waals surface area contributed by atoms with E-state index in [1.54, 1.807) is 7.05 Å². The zero-order chi connectivity index (χ0) is 11.3. The first-order valence-electron chi connectivity index (χ1n) is 4.53. The maximum absolute atomic E-state index is 11.0. The number of hydrogen-bond donors (Lipinski definition) is 2. The predicted octanol–water partition coefficient (Wildman–Crippen LogP) is 2.76. The minimum absolute atomic E-state index is 0.0377. The lowest BCUT2D eigenvalue weighted by Gasteiger charge is -2.08. The van der Waals surface area contributed by atoms with Gasteiger partial charge < -0.3 is 10.6 Å². The van der Waals surface area contributed by atoms with E-state index < -0.39 is 0 Å². The molecule has 3 nitrogen and oxygen atoms in total. The molecule has 0 fully saturated rings. The summed E-state index contributed by atoms with van der Waals surface area (Å²) in [7, 11) is 1.64. The summed E-state index contributed by atoms with van der Waals surface area (Å²) in [6, 6.07) is 5.87. The van der Waals surface area contributed by atoms with Crippen molar-refractivity contribution in [1.82, 2.24) is 5.32 Å². The van der Waals surface area contributed by atoms with Crippen LogP contribution in [0.1, 0.15) is 6.42 Å². The predicted molar refractivity (Wildman–Crippen MR) is 69.0 cm³/mol. The number of halogens is 2. The summed E-state index contributed by atoms with van der Waals surface area (Å²) in [5.41, 5.74) is 0.988. The molecule has 15 heavy (non-hydrogen) atoms. The van der Waals surface area contributed by atoms with Gasteiger partial charge in [0.15, 0.2) is 0 Å². The molecule has 0 aromatic heterocycles. The van der Waals surface area contributed by atoms with Crippen LogP contribution in [-0.4, -0.2) is 19.5 Å². The molecule has 82 valence electrons. The van der Waals surface area contributed by atoms with Crippen LogP contribution in [0.25, 0.3) is 0 Å². The monoisotopic (exact) mass is 334 g/mol. The lowest BCUT2D eigenvalue weighted by molar-refractivity contribution is -0.120. The Balaban J connectivity index is 2.47. The van der Waals surface area contributed by atoms with Crippen molar-refractivity contribution in [1.29, 1.82) is 0 Å². The summed E-state index contributed by atoms with van der Waals surface area (Å²) in [6.45, 7) is 0.625. The average Bonchev–Trinajstić information content (AvgIpc) is 2.21. The summed E-state index contributed by atoms with van der Waals surface area (Å²) in [5, 5.41) is 5.75. The average molecular weight is 336 g/mol. The van der Waals surface area contributed by atoms with E-state index in [1.165, 1.54) is 0 Å². The van der Waals surface area contributed by atoms with Crippen molar-refractivity contribution in [3.05, 3.63) is 27.1 Å². The Labute approximate surface area is 106 Å². The van der Waals surface area contributed by atoms with Gasteiger partial charge in [0.25, 0.3) is 0 Å². The molecule has 0 spiro atoms. The van der Waals surface area contributed by atoms with E-state index in [2.05, 4.69) is 42.5 Å². The van der Waals surface area contributed by atoms with Crippen LogP contribution in [-0.2, 0) is 4.79 Å². The Bertz CT molecular complexity index is 355. The zero-order valence-corrected chi connectivity index (χ0v) is 11.5. The van der Waals surface area contributed by atoms with Crippen molar-refractivity contribution < 1.29 is 4.79 Å². The quantitative estimate of drug-likeness (QED) is 0.888. The van der Waals surface area contributed by atoms with Gasteiger partial charge in [-0.1, -0.05) is 15.9 Å². The fourth-order valence-electron chi connectivity index (χ4n) is 1.07. The van der Waals surface area contributed by atoms with Gasteiger partial charge in [-0.3, -0.25) is 4.79 Å². The molecule has 1 amide bonds. The van der Waals surface area contributed by atoms with Gasteiger partial charge in [0.2, 0.25) is 5.91 Å². The van der Waals surface area contributed by atoms with Gasteiger partial charge in [0.05, 0.1) is 0 Å². The van der Waals surface area contributed by atoms with Gasteiger partial charge >= 0.3 is 0 Å². The number of benzene rings is 1. The van der Waals surface area contributed by atoms with Gasteiger partial charge in [-0.2, -0.15) is 0 Å². The molecule has 0 aliphatic carbocycles. The Morgan fingerprint density at radius 3 is 2.73 bits per heavy atom. The van der Waals surface area contributed by atoms with Gasteiger partial charge in [0, 0.05) is 34.6 Å².